The molecular weight excluding hydrogens is 134 g/mol. The van der Waals surface area contributed by atoms with Crippen LogP contribution in [0.15, 0.2) is 23.5 Å². The second-order valence-corrected chi connectivity index (χ2v) is 1.42. The molecule has 0 saturated carbocycles. The van der Waals surface area contributed by atoms with Gasteiger partial charge >= 0.3 is 6.09 Å². The van der Waals surface area contributed by atoms with Crippen LogP contribution < -0.4 is 4.84 Å². The number of amides is 1. The molecule has 0 radical (unpaired) electrons. The van der Waals surface area contributed by atoms with E-state index in [1.54, 1.807) is 6.07 Å². The van der Waals surface area contributed by atoms with E-state index in [0.717, 1.165) is 4.85 Å². The lowest BCUT2D eigenvalue weighted by molar-refractivity contribution is 0.126. The zero-order valence-electron chi connectivity index (χ0n) is 5.10. The van der Waals surface area contributed by atoms with Crippen LogP contribution in [-0.4, -0.2) is 22.8 Å². The average molecular weight is 139 g/mol. The van der Waals surface area contributed by atoms with Crippen molar-refractivity contribution in [1.29, 1.82) is 0 Å². The highest BCUT2D eigenvalue weighted by Gasteiger charge is 1.96. The van der Waals surface area contributed by atoms with Crippen molar-refractivity contribution in [2.45, 2.75) is 0 Å². The van der Waals surface area contributed by atoms with E-state index in [4.69, 9.17) is 0 Å². The summed E-state index contributed by atoms with van der Waals surface area (Å²) < 4.78 is 0. The summed E-state index contributed by atoms with van der Waals surface area (Å²) >= 11 is 0. The van der Waals surface area contributed by atoms with Crippen LogP contribution >= 0.6 is 0 Å². The molecule has 1 aromatic heterocycles. The largest absolute Gasteiger partial charge is 0.459 e. The van der Waals surface area contributed by atoms with Gasteiger partial charge in [-0.15, -0.1) is 5.10 Å². The summed E-state index contributed by atoms with van der Waals surface area (Å²) in [5, 5.41) is 3.59. The summed E-state index contributed by atoms with van der Waals surface area (Å²) in [4.78, 5) is 18.8. The van der Waals surface area contributed by atoms with Gasteiger partial charge in [-0.1, -0.05) is 4.85 Å². The molecule has 52 valence electrons. The predicted octanol–water partition coefficient (Wildman–Crippen LogP) is 0.132. The minimum atomic E-state index is -0.774. The number of aliphatic imine (C=N–C) groups is 1. The summed E-state index contributed by atoms with van der Waals surface area (Å²) in [5.41, 5.74) is 0. The third kappa shape index (κ3) is 1.41. The Hall–Kier alpha value is -1.65. The molecule has 0 spiro atoms. The summed E-state index contributed by atoms with van der Waals surface area (Å²) in [6, 6.07) is 1.62. The van der Waals surface area contributed by atoms with E-state index < -0.39 is 6.09 Å². The van der Waals surface area contributed by atoms with Crippen molar-refractivity contribution in [3.05, 3.63) is 18.5 Å². The third-order valence-electron chi connectivity index (χ3n) is 0.781. The molecule has 0 saturated heterocycles. The summed E-state index contributed by atoms with van der Waals surface area (Å²) in [6.45, 7) is 2.98. The van der Waals surface area contributed by atoms with Gasteiger partial charge in [0, 0.05) is 0 Å². The van der Waals surface area contributed by atoms with Crippen molar-refractivity contribution in [2.75, 3.05) is 0 Å². The molecule has 1 rings (SSSR count). The molecule has 0 atom stereocenters. The normalized spacial score (nSPS) is 8.80. The Kier molecular flexibility index (Phi) is 1.79. The predicted molar refractivity (Wildman–Crippen MR) is 33.8 cm³/mol. The number of carbonyl (C=O) groups excluding carboxylic acids is 1. The summed E-state index contributed by atoms with van der Waals surface area (Å²) in [6.07, 6.45) is 2.18. The van der Waals surface area contributed by atoms with Gasteiger partial charge in [-0.05, 0) is 12.8 Å². The van der Waals surface area contributed by atoms with Gasteiger partial charge in [0.1, 0.15) is 0 Å². The fourth-order valence-electron chi connectivity index (χ4n) is 0.418. The van der Waals surface area contributed by atoms with Gasteiger partial charge in [-0.2, -0.15) is 4.99 Å². The van der Waals surface area contributed by atoms with Crippen LogP contribution in [0.4, 0.5) is 4.79 Å². The van der Waals surface area contributed by atoms with Gasteiger partial charge in [0.2, 0.25) is 0 Å². The van der Waals surface area contributed by atoms with E-state index in [1.807, 2.05) is 0 Å². The lowest BCUT2D eigenvalue weighted by Crippen LogP contribution is -2.16. The van der Waals surface area contributed by atoms with Crippen LogP contribution in [0.5, 0.6) is 0 Å². The Labute approximate surface area is 56.9 Å². The van der Waals surface area contributed by atoms with E-state index in [1.165, 1.54) is 12.4 Å². The fraction of sp³-hybridized carbons (Fsp3) is 0. The van der Waals surface area contributed by atoms with E-state index in [-0.39, 0.29) is 0 Å². The van der Waals surface area contributed by atoms with Crippen LogP contribution in [0.1, 0.15) is 0 Å². The van der Waals surface area contributed by atoms with Gasteiger partial charge in [-0.25, -0.2) is 4.79 Å². The first kappa shape index (κ1) is 6.47. The maximum Gasteiger partial charge on any atom is 0.459 e. The van der Waals surface area contributed by atoms with Crippen LogP contribution in [0.2, 0.25) is 0 Å². The lowest BCUT2D eigenvalue weighted by Gasteiger charge is -1.94. The number of carbonyl (C=O) groups is 1. The van der Waals surface area contributed by atoms with Crippen molar-refractivity contribution in [1.82, 2.24) is 9.94 Å². The molecule has 0 unspecified atom stereocenters. The highest BCUT2D eigenvalue weighted by atomic mass is 16.7. The Morgan fingerprint density at radius 3 is 3.10 bits per heavy atom. The van der Waals surface area contributed by atoms with Crippen molar-refractivity contribution in [2.24, 2.45) is 4.99 Å². The van der Waals surface area contributed by atoms with Crippen molar-refractivity contribution >= 4 is 12.8 Å². The maximum atomic E-state index is 10.4. The monoisotopic (exact) mass is 139 g/mol. The fourth-order valence-corrected chi connectivity index (χ4v) is 0.418. The number of rotatable bonds is 1. The molecule has 0 aliphatic rings. The maximum absolute atomic E-state index is 10.4. The van der Waals surface area contributed by atoms with E-state index in [9.17, 15) is 4.79 Å². The minimum absolute atomic E-state index is 0.774. The van der Waals surface area contributed by atoms with Crippen LogP contribution in [0.25, 0.3) is 0 Å². The third-order valence-corrected chi connectivity index (χ3v) is 0.781. The van der Waals surface area contributed by atoms with Crippen LogP contribution in [0, 0.1) is 0 Å². The second kappa shape index (κ2) is 2.77. The molecule has 1 aromatic rings. The van der Waals surface area contributed by atoms with E-state index >= 15 is 0 Å². The highest BCUT2D eigenvalue weighted by Crippen LogP contribution is 1.81. The highest BCUT2D eigenvalue weighted by molar-refractivity contribution is 5.73. The minimum Gasteiger partial charge on any atom is -0.298 e. The number of hydrogen-bond acceptors (Lipinski definition) is 3. The Bertz CT molecular complexity index is 229. The van der Waals surface area contributed by atoms with E-state index in [0.29, 0.717) is 0 Å². The van der Waals surface area contributed by atoms with Crippen LogP contribution in [0.3, 0.4) is 0 Å². The lowest BCUT2D eigenvalue weighted by atomic mass is 10.8. The first-order valence-electron chi connectivity index (χ1n) is 2.51. The molecular formula is C5H5N3O2. The molecule has 10 heavy (non-hydrogen) atoms. The quantitative estimate of drug-likeness (QED) is 0.519. The smallest absolute Gasteiger partial charge is 0.298 e. The van der Waals surface area contributed by atoms with Crippen molar-refractivity contribution in [3.63, 3.8) is 0 Å². The number of hydrogen-bond donors (Lipinski definition) is 0. The SMILES string of the molecule is C=NC(=O)On1cccn1. The molecule has 0 fully saturated rings. The molecule has 0 N–H and O–H groups in total. The van der Waals surface area contributed by atoms with Gasteiger partial charge in [-0.3, -0.25) is 4.84 Å². The molecule has 0 aromatic carbocycles. The second-order valence-electron chi connectivity index (χ2n) is 1.42. The molecule has 1 heterocycles. The van der Waals surface area contributed by atoms with Crippen molar-refractivity contribution in [3.8, 4) is 0 Å². The zero-order chi connectivity index (χ0) is 7.40. The standard InChI is InChI=1S/C5H5N3O2/c1-6-5(9)10-8-4-2-3-7-8/h2-4H,1H2. The average Bonchev–Trinajstić information content (AvgIpc) is 2.40. The molecule has 5 nitrogen and oxygen atoms in total. The first-order chi connectivity index (χ1) is 4.83. The van der Waals surface area contributed by atoms with Gasteiger partial charge in [0.05, 0.1) is 12.4 Å². The number of aromatic nitrogens is 2. The molecule has 5 heteroatoms. The van der Waals surface area contributed by atoms with Gasteiger partial charge in [0.25, 0.3) is 0 Å². The topological polar surface area (TPSA) is 56.5 Å². The first-order valence-corrected chi connectivity index (χ1v) is 2.51. The van der Waals surface area contributed by atoms with E-state index in [2.05, 4.69) is 21.6 Å². The Morgan fingerprint density at radius 2 is 2.60 bits per heavy atom. The molecule has 0 bridgehead atoms. The zero-order valence-corrected chi connectivity index (χ0v) is 5.10. The van der Waals surface area contributed by atoms with Gasteiger partial charge in [0.15, 0.2) is 0 Å². The summed E-state index contributed by atoms with van der Waals surface area (Å²) in [7, 11) is 0. The van der Waals surface area contributed by atoms with Crippen molar-refractivity contribution < 1.29 is 9.63 Å². The molecule has 1 amide bonds. The number of nitrogens with zero attached hydrogens (tertiary/aromatic N) is 3. The Morgan fingerprint density at radius 1 is 1.80 bits per heavy atom. The Balaban J connectivity index is 2.56. The molecule has 0 aliphatic carbocycles. The summed E-state index contributed by atoms with van der Waals surface area (Å²) in [5.74, 6) is 0. The van der Waals surface area contributed by atoms with Crippen LogP contribution in [-0.2, 0) is 0 Å². The van der Waals surface area contributed by atoms with Gasteiger partial charge < -0.3 is 0 Å². The molecule has 0 aliphatic heterocycles.